The lowest BCUT2D eigenvalue weighted by molar-refractivity contribution is 0.0266. The summed E-state index contributed by atoms with van der Waals surface area (Å²) >= 11 is 0. The van der Waals surface area contributed by atoms with Crippen molar-refractivity contribution in [2.24, 2.45) is 59.2 Å². The zero-order valence-corrected chi connectivity index (χ0v) is 14.1. The van der Waals surface area contributed by atoms with Crippen molar-refractivity contribution in [1.82, 2.24) is 0 Å². The molecule has 23 heavy (non-hydrogen) atoms. The van der Waals surface area contributed by atoms with Gasteiger partial charge in [0.25, 0.3) is 0 Å². The monoisotopic (exact) mass is 314 g/mol. The van der Waals surface area contributed by atoms with Gasteiger partial charge in [0, 0.05) is 0 Å². The first-order valence-electron chi connectivity index (χ1n) is 9.76. The highest BCUT2D eigenvalue weighted by Gasteiger charge is 2.68. The molecule has 5 fully saturated rings. The minimum absolute atomic E-state index is 0.796. The van der Waals surface area contributed by atoms with E-state index in [-0.39, 0.29) is 0 Å². The lowest BCUT2D eigenvalue weighted by Gasteiger charge is -2.43. The average Bonchev–Trinajstić information content (AvgIpc) is 3.31. The van der Waals surface area contributed by atoms with Crippen LogP contribution in [0, 0.1) is 59.2 Å². The zero-order valence-electron chi connectivity index (χ0n) is 14.1. The van der Waals surface area contributed by atoms with Gasteiger partial charge in [0.2, 0.25) is 0 Å². The Morgan fingerprint density at radius 2 is 1.39 bits per heavy atom. The summed E-state index contributed by atoms with van der Waals surface area (Å²) in [6.45, 7) is 9.26. The standard InChI is InChI=1S/C21H30O2/c1-3-22-10-12-5-16-17(6-12)19-9-18(16)20-13-7-14(11-23-4-2)15(8-13)21(19)20/h3-4,12-21H,1-2,5-11H2. The molecule has 10 unspecified atom stereocenters. The molecule has 0 aliphatic heterocycles. The van der Waals surface area contributed by atoms with Crippen LogP contribution in [0.2, 0.25) is 0 Å². The maximum absolute atomic E-state index is 5.58. The summed E-state index contributed by atoms with van der Waals surface area (Å²) < 4.78 is 11.1. The molecule has 10 atom stereocenters. The van der Waals surface area contributed by atoms with E-state index < -0.39 is 0 Å². The van der Waals surface area contributed by atoms with Gasteiger partial charge in [0.15, 0.2) is 0 Å². The van der Waals surface area contributed by atoms with Crippen LogP contribution in [0.25, 0.3) is 0 Å². The first kappa shape index (κ1) is 14.4. The van der Waals surface area contributed by atoms with E-state index in [1.165, 1.54) is 25.7 Å². The van der Waals surface area contributed by atoms with E-state index in [4.69, 9.17) is 9.47 Å². The van der Waals surface area contributed by atoms with Crippen LogP contribution in [0.3, 0.4) is 0 Å². The number of rotatable bonds is 6. The van der Waals surface area contributed by atoms with E-state index in [0.717, 1.165) is 72.4 Å². The minimum atomic E-state index is 0.796. The van der Waals surface area contributed by atoms with Gasteiger partial charge in [-0.2, -0.15) is 0 Å². The van der Waals surface area contributed by atoms with Crippen molar-refractivity contribution in [3.63, 3.8) is 0 Å². The van der Waals surface area contributed by atoms with Crippen LogP contribution < -0.4 is 0 Å². The summed E-state index contributed by atoms with van der Waals surface area (Å²) in [5.41, 5.74) is 0. The van der Waals surface area contributed by atoms with Gasteiger partial charge in [-0.15, -0.1) is 0 Å². The van der Waals surface area contributed by atoms with E-state index in [0.29, 0.717) is 0 Å². The van der Waals surface area contributed by atoms with Crippen molar-refractivity contribution in [2.45, 2.75) is 32.1 Å². The molecule has 0 spiro atoms. The second kappa shape index (κ2) is 5.29. The highest BCUT2D eigenvalue weighted by atomic mass is 16.5. The van der Waals surface area contributed by atoms with Crippen LogP contribution in [0.5, 0.6) is 0 Å². The fourth-order valence-electron chi connectivity index (χ4n) is 8.30. The Morgan fingerprint density at radius 1 is 0.696 bits per heavy atom. The fraction of sp³-hybridized carbons (Fsp3) is 0.810. The third kappa shape index (κ3) is 1.93. The van der Waals surface area contributed by atoms with Crippen molar-refractivity contribution in [3.05, 3.63) is 25.7 Å². The van der Waals surface area contributed by atoms with Crippen molar-refractivity contribution >= 4 is 0 Å². The molecule has 0 N–H and O–H groups in total. The van der Waals surface area contributed by atoms with E-state index in [2.05, 4.69) is 13.2 Å². The summed E-state index contributed by atoms with van der Waals surface area (Å²) in [6, 6.07) is 0. The summed E-state index contributed by atoms with van der Waals surface area (Å²) in [6.07, 6.45) is 10.6. The van der Waals surface area contributed by atoms with Gasteiger partial charge in [-0.05, 0) is 91.3 Å². The van der Waals surface area contributed by atoms with E-state index in [1.807, 2.05) is 0 Å². The molecule has 2 heteroatoms. The lowest BCUT2D eigenvalue weighted by atomic mass is 9.62. The number of hydrogen-bond donors (Lipinski definition) is 0. The van der Waals surface area contributed by atoms with Gasteiger partial charge in [0.1, 0.15) is 0 Å². The molecule has 4 bridgehead atoms. The van der Waals surface area contributed by atoms with Gasteiger partial charge < -0.3 is 9.47 Å². The van der Waals surface area contributed by atoms with Gasteiger partial charge in [-0.3, -0.25) is 0 Å². The minimum Gasteiger partial charge on any atom is -0.502 e. The van der Waals surface area contributed by atoms with Crippen LogP contribution in [-0.2, 0) is 9.47 Å². The van der Waals surface area contributed by atoms with Crippen molar-refractivity contribution in [1.29, 1.82) is 0 Å². The molecule has 0 aromatic carbocycles. The van der Waals surface area contributed by atoms with E-state index in [1.54, 1.807) is 18.9 Å². The molecule has 0 radical (unpaired) electrons. The molecule has 5 aliphatic rings. The molecule has 5 rings (SSSR count). The molecule has 0 heterocycles. The molecule has 0 saturated heterocycles. The number of fused-ring (bicyclic) bond motifs is 12. The lowest BCUT2D eigenvalue weighted by Crippen LogP contribution is -2.39. The van der Waals surface area contributed by atoms with Crippen molar-refractivity contribution in [3.8, 4) is 0 Å². The Morgan fingerprint density at radius 3 is 2.13 bits per heavy atom. The van der Waals surface area contributed by atoms with Crippen LogP contribution in [0.15, 0.2) is 25.7 Å². The second-order valence-electron chi connectivity index (χ2n) is 9.04. The normalized spacial score (nSPS) is 54.8. The number of ether oxygens (including phenoxy) is 2. The summed E-state index contributed by atoms with van der Waals surface area (Å²) in [5.74, 6) is 9.84. The number of hydrogen-bond acceptors (Lipinski definition) is 2. The quantitative estimate of drug-likeness (QED) is 0.531. The molecule has 0 amide bonds. The largest absolute Gasteiger partial charge is 0.502 e. The molecular formula is C21H30O2. The second-order valence-corrected chi connectivity index (χ2v) is 9.04. The van der Waals surface area contributed by atoms with Crippen LogP contribution in [0.4, 0.5) is 0 Å². The van der Waals surface area contributed by atoms with Crippen LogP contribution in [0.1, 0.15) is 32.1 Å². The fourth-order valence-corrected chi connectivity index (χ4v) is 8.30. The van der Waals surface area contributed by atoms with Gasteiger partial charge in [0.05, 0.1) is 25.7 Å². The molecular weight excluding hydrogens is 284 g/mol. The Hall–Kier alpha value is -0.920. The highest BCUT2D eigenvalue weighted by Crippen LogP contribution is 2.74. The van der Waals surface area contributed by atoms with E-state index in [9.17, 15) is 0 Å². The zero-order chi connectivity index (χ0) is 15.6. The van der Waals surface area contributed by atoms with Crippen LogP contribution >= 0.6 is 0 Å². The summed E-state index contributed by atoms with van der Waals surface area (Å²) in [5, 5.41) is 0. The average molecular weight is 314 g/mol. The van der Waals surface area contributed by atoms with E-state index >= 15 is 0 Å². The third-order valence-electron chi connectivity index (χ3n) is 8.54. The first-order chi connectivity index (χ1) is 11.3. The SMILES string of the molecule is C=COCC1CC2C(C1)C1CC2C2C3CC(COC=C)C(C3)C12. The first-order valence-corrected chi connectivity index (χ1v) is 9.76. The Labute approximate surface area is 140 Å². The topological polar surface area (TPSA) is 18.5 Å². The molecule has 126 valence electrons. The van der Waals surface area contributed by atoms with Crippen molar-refractivity contribution in [2.75, 3.05) is 13.2 Å². The summed E-state index contributed by atoms with van der Waals surface area (Å²) in [4.78, 5) is 0. The maximum atomic E-state index is 5.58. The smallest absolute Gasteiger partial charge is 0.0903 e. The molecule has 5 aliphatic carbocycles. The summed E-state index contributed by atoms with van der Waals surface area (Å²) in [7, 11) is 0. The Balaban J connectivity index is 1.32. The highest BCUT2D eigenvalue weighted by molar-refractivity contribution is 5.16. The van der Waals surface area contributed by atoms with Crippen molar-refractivity contribution < 1.29 is 9.47 Å². The maximum Gasteiger partial charge on any atom is 0.0903 e. The predicted octanol–water partition coefficient (Wildman–Crippen LogP) is 4.49. The van der Waals surface area contributed by atoms with Gasteiger partial charge in [-0.25, -0.2) is 0 Å². The third-order valence-corrected chi connectivity index (χ3v) is 8.54. The van der Waals surface area contributed by atoms with Gasteiger partial charge in [-0.1, -0.05) is 13.2 Å². The molecule has 0 aromatic rings. The van der Waals surface area contributed by atoms with Gasteiger partial charge >= 0.3 is 0 Å². The Bertz CT molecular complexity index is 500. The molecule has 2 nitrogen and oxygen atoms in total. The molecule has 0 aromatic heterocycles. The Kier molecular flexibility index (Phi) is 3.32. The van der Waals surface area contributed by atoms with Crippen LogP contribution in [-0.4, -0.2) is 13.2 Å². The predicted molar refractivity (Wildman–Crippen MR) is 90.3 cm³/mol. The molecule has 5 saturated carbocycles.